The molecule has 0 unspecified atom stereocenters. The second-order valence-corrected chi connectivity index (χ2v) is 4.49. The number of primary amides is 1. The molecule has 0 saturated heterocycles. The van der Waals surface area contributed by atoms with Crippen molar-refractivity contribution in [3.8, 4) is 0 Å². The maximum absolute atomic E-state index is 11.2. The number of nitrogens with one attached hydrogen (secondary N) is 1. The van der Waals surface area contributed by atoms with Crippen molar-refractivity contribution in [1.82, 2.24) is 14.9 Å². The average Bonchev–Trinajstić information content (AvgIpc) is 2.94. The first kappa shape index (κ1) is 11.0. The number of hydrogen-bond donors (Lipinski definition) is 2. The lowest BCUT2D eigenvalue weighted by Crippen LogP contribution is -2.36. The van der Waals surface area contributed by atoms with Crippen LogP contribution in [0.1, 0.15) is 18.9 Å². The molecule has 6 nitrogen and oxygen atoms in total. The van der Waals surface area contributed by atoms with Crippen LogP contribution < -0.4 is 11.1 Å². The number of thioether (sulfide) groups is 1. The molecule has 1 aliphatic carbocycles. The Bertz CT molecular complexity index is 413. The maximum Gasteiger partial charge on any atom is 0.318 e. The van der Waals surface area contributed by atoms with Gasteiger partial charge in [0.15, 0.2) is 5.16 Å². The first-order valence-corrected chi connectivity index (χ1v) is 5.90. The van der Waals surface area contributed by atoms with E-state index in [9.17, 15) is 9.59 Å². The van der Waals surface area contributed by atoms with Crippen molar-refractivity contribution in [1.29, 1.82) is 0 Å². The minimum atomic E-state index is -0.823. The molecule has 0 aromatic carbocycles. The van der Waals surface area contributed by atoms with Crippen LogP contribution in [0.3, 0.4) is 0 Å². The standard InChI is InChI=1S/C9H12N4O2S/c10-8(15)12-7(14)5-16-9-11-3-4-13(9)6-1-2-6/h3-4,6H,1-2,5H2,(H3,10,12,14,15). The molecule has 2 rings (SSSR count). The molecule has 1 heterocycles. The molecule has 1 fully saturated rings. The van der Waals surface area contributed by atoms with Gasteiger partial charge in [0, 0.05) is 18.4 Å². The molecular formula is C9H12N4O2S. The largest absolute Gasteiger partial charge is 0.351 e. The summed E-state index contributed by atoms with van der Waals surface area (Å²) in [6.45, 7) is 0. The number of amides is 3. The van der Waals surface area contributed by atoms with Gasteiger partial charge in [-0.05, 0) is 12.8 Å². The van der Waals surface area contributed by atoms with Crippen molar-refractivity contribution in [2.45, 2.75) is 24.0 Å². The quantitative estimate of drug-likeness (QED) is 0.750. The Hall–Kier alpha value is -1.50. The van der Waals surface area contributed by atoms with E-state index in [1.807, 2.05) is 11.5 Å². The molecule has 0 spiro atoms. The highest BCUT2D eigenvalue weighted by Crippen LogP contribution is 2.37. The summed E-state index contributed by atoms with van der Waals surface area (Å²) in [4.78, 5) is 25.8. The molecule has 1 saturated carbocycles. The fourth-order valence-electron chi connectivity index (χ4n) is 1.35. The molecule has 86 valence electrons. The van der Waals surface area contributed by atoms with E-state index in [-0.39, 0.29) is 5.75 Å². The van der Waals surface area contributed by atoms with Crippen molar-refractivity contribution in [3.63, 3.8) is 0 Å². The molecule has 0 radical (unpaired) electrons. The van der Waals surface area contributed by atoms with E-state index >= 15 is 0 Å². The third-order valence-corrected chi connectivity index (χ3v) is 3.15. The zero-order valence-corrected chi connectivity index (χ0v) is 9.37. The molecule has 3 amide bonds. The molecule has 3 N–H and O–H groups in total. The summed E-state index contributed by atoms with van der Waals surface area (Å²) in [5.41, 5.74) is 4.83. The number of nitrogens with zero attached hydrogens (tertiary/aromatic N) is 2. The second kappa shape index (κ2) is 4.56. The summed E-state index contributed by atoms with van der Waals surface area (Å²) in [5, 5.41) is 2.82. The van der Waals surface area contributed by atoms with Gasteiger partial charge in [0.05, 0.1) is 5.75 Å². The number of nitrogens with two attached hydrogens (primary N) is 1. The lowest BCUT2D eigenvalue weighted by atomic mass is 10.7. The Morgan fingerprint density at radius 2 is 2.38 bits per heavy atom. The van der Waals surface area contributed by atoms with Gasteiger partial charge in [0.1, 0.15) is 0 Å². The number of urea groups is 1. The van der Waals surface area contributed by atoms with Crippen LogP contribution in [0.5, 0.6) is 0 Å². The Morgan fingerprint density at radius 3 is 3.00 bits per heavy atom. The Balaban J connectivity index is 1.86. The highest BCUT2D eigenvalue weighted by Gasteiger charge is 2.25. The van der Waals surface area contributed by atoms with E-state index in [1.54, 1.807) is 6.20 Å². The van der Waals surface area contributed by atoms with Crippen LogP contribution in [0.4, 0.5) is 4.79 Å². The first-order valence-electron chi connectivity index (χ1n) is 4.91. The predicted octanol–water partition coefficient (Wildman–Crippen LogP) is 0.505. The smallest absolute Gasteiger partial charge is 0.318 e. The van der Waals surface area contributed by atoms with E-state index in [1.165, 1.54) is 11.8 Å². The maximum atomic E-state index is 11.2. The Labute approximate surface area is 96.6 Å². The van der Waals surface area contributed by atoms with Gasteiger partial charge in [0.2, 0.25) is 5.91 Å². The van der Waals surface area contributed by atoms with E-state index in [2.05, 4.69) is 9.55 Å². The fourth-order valence-corrected chi connectivity index (χ4v) is 2.17. The minimum Gasteiger partial charge on any atom is -0.351 e. The van der Waals surface area contributed by atoms with Crippen LogP contribution in [-0.2, 0) is 4.79 Å². The monoisotopic (exact) mass is 240 g/mol. The normalized spacial score (nSPS) is 14.8. The van der Waals surface area contributed by atoms with Crippen LogP contribution in [0.25, 0.3) is 0 Å². The number of carbonyl (C=O) groups is 2. The highest BCUT2D eigenvalue weighted by molar-refractivity contribution is 7.99. The molecule has 1 aromatic rings. The molecule has 1 aromatic heterocycles. The minimum absolute atomic E-state index is 0.146. The van der Waals surface area contributed by atoms with Crippen LogP contribution in [0.2, 0.25) is 0 Å². The van der Waals surface area contributed by atoms with Crippen LogP contribution >= 0.6 is 11.8 Å². The molecule has 1 aliphatic rings. The summed E-state index contributed by atoms with van der Waals surface area (Å²) < 4.78 is 2.06. The van der Waals surface area contributed by atoms with Crippen LogP contribution in [0.15, 0.2) is 17.6 Å². The summed E-state index contributed by atoms with van der Waals surface area (Å²) >= 11 is 1.30. The van der Waals surface area contributed by atoms with E-state index in [0.29, 0.717) is 6.04 Å². The summed E-state index contributed by atoms with van der Waals surface area (Å²) in [6, 6.07) is -0.291. The average molecular weight is 240 g/mol. The van der Waals surface area contributed by atoms with Crippen molar-refractivity contribution < 1.29 is 9.59 Å². The van der Waals surface area contributed by atoms with E-state index in [0.717, 1.165) is 18.0 Å². The SMILES string of the molecule is NC(=O)NC(=O)CSc1nccn1C1CC1. The highest BCUT2D eigenvalue weighted by atomic mass is 32.2. The van der Waals surface area contributed by atoms with Gasteiger partial charge in [-0.3, -0.25) is 10.1 Å². The van der Waals surface area contributed by atoms with Gasteiger partial charge in [0.25, 0.3) is 0 Å². The van der Waals surface area contributed by atoms with Crippen molar-refractivity contribution in [3.05, 3.63) is 12.4 Å². The third kappa shape index (κ3) is 2.75. The zero-order valence-electron chi connectivity index (χ0n) is 8.55. The third-order valence-electron chi connectivity index (χ3n) is 2.17. The van der Waals surface area contributed by atoms with Gasteiger partial charge >= 0.3 is 6.03 Å². The lowest BCUT2D eigenvalue weighted by Gasteiger charge is -2.04. The van der Waals surface area contributed by atoms with Crippen molar-refractivity contribution >= 4 is 23.7 Å². The number of rotatable bonds is 4. The molecular weight excluding hydrogens is 228 g/mol. The Morgan fingerprint density at radius 1 is 1.62 bits per heavy atom. The molecule has 16 heavy (non-hydrogen) atoms. The number of hydrogen-bond acceptors (Lipinski definition) is 4. The number of imidazole rings is 1. The zero-order chi connectivity index (χ0) is 11.5. The van der Waals surface area contributed by atoms with Crippen LogP contribution in [-0.4, -0.2) is 27.2 Å². The summed E-state index contributed by atoms with van der Waals surface area (Å²) in [7, 11) is 0. The molecule has 0 atom stereocenters. The molecule has 0 bridgehead atoms. The van der Waals surface area contributed by atoms with Gasteiger partial charge in [-0.1, -0.05) is 11.8 Å². The van der Waals surface area contributed by atoms with E-state index in [4.69, 9.17) is 5.73 Å². The predicted molar refractivity (Wildman–Crippen MR) is 58.9 cm³/mol. The fraction of sp³-hybridized carbons (Fsp3) is 0.444. The molecule has 7 heteroatoms. The van der Waals surface area contributed by atoms with Gasteiger partial charge < -0.3 is 10.3 Å². The van der Waals surface area contributed by atoms with Gasteiger partial charge in [-0.15, -0.1) is 0 Å². The summed E-state index contributed by atoms with van der Waals surface area (Å²) in [6.07, 6.45) is 5.95. The van der Waals surface area contributed by atoms with Crippen molar-refractivity contribution in [2.75, 3.05) is 5.75 Å². The van der Waals surface area contributed by atoms with E-state index < -0.39 is 11.9 Å². The van der Waals surface area contributed by atoms with Gasteiger partial charge in [-0.25, -0.2) is 9.78 Å². The topological polar surface area (TPSA) is 90.0 Å². The van der Waals surface area contributed by atoms with Gasteiger partial charge in [-0.2, -0.15) is 0 Å². The summed E-state index contributed by atoms with van der Waals surface area (Å²) in [5.74, 6) is -0.255. The lowest BCUT2D eigenvalue weighted by molar-refractivity contribution is -0.117. The number of aromatic nitrogens is 2. The first-order chi connectivity index (χ1) is 7.66. The van der Waals surface area contributed by atoms with Crippen molar-refractivity contribution in [2.24, 2.45) is 5.73 Å². The number of carbonyl (C=O) groups excluding carboxylic acids is 2. The molecule has 0 aliphatic heterocycles. The Kier molecular flexibility index (Phi) is 3.14. The second-order valence-electron chi connectivity index (χ2n) is 3.55. The van der Waals surface area contributed by atoms with Crippen LogP contribution in [0, 0.1) is 0 Å². The number of imide groups is 1.